The Bertz CT molecular complexity index is 375. The minimum Gasteiger partial charge on any atom is -0.277 e. The first-order chi connectivity index (χ1) is 8.07. The van der Waals surface area contributed by atoms with Crippen LogP contribution in [0.4, 0.5) is 4.79 Å². The Morgan fingerprint density at radius 2 is 2.06 bits per heavy atom. The van der Waals surface area contributed by atoms with Crippen molar-refractivity contribution < 1.29 is 9.59 Å². The van der Waals surface area contributed by atoms with Gasteiger partial charge in [0.25, 0.3) is 0 Å². The highest BCUT2D eigenvalue weighted by atomic mass is 79.9. The SMILES string of the molecule is C=CCN1C(=O)NC(=O)C(CC)(CC)C1=NBr. The van der Waals surface area contributed by atoms with Crippen LogP contribution in [0.2, 0.25) is 0 Å². The van der Waals surface area contributed by atoms with Gasteiger partial charge in [-0.3, -0.25) is 15.0 Å². The molecule has 1 heterocycles. The number of hydrogen-bond donors (Lipinski definition) is 1. The number of carbonyl (C=O) groups is 2. The Balaban J connectivity index is 3.25. The molecule has 1 rings (SSSR count). The van der Waals surface area contributed by atoms with Crippen LogP contribution in [-0.2, 0) is 4.79 Å². The van der Waals surface area contributed by atoms with E-state index in [4.69, 9.17) is 0 Å². The minimum atomic E-state index is -0.750. The summed E-state index contributed by atoms with van der Waals surface area (Å²) in [6, 6.07) is -0.453. The first-order valence-electron chi connectivity index (χ1n) is 5.50. The quantitative estimate of drug-likeness (QED) is 0.810. The second-order valence-corrected chi connectivity index (χ2v) is 4.21. The number of nitrogens with zero attached hydrogens (tertiary/aromatic N) is 2. The first kappa shape index (κ1) is 13.9. The van der Waals surface area contributed by atoms with E-state index in [9.17, 15) is 9.59 Å². The van der Waals surface area contributed by atoms with E-state index in [0.717, 1.165) is 0 Å². The topological polar surface area (TPSA) is 61.8 Å². The van der Waals surface area contributed by atoms with Gasteiger partial charge >= 0.3 is 6.03 Å². The van der Waals surface area contributed by atoms with Crippen LogP contribution >= 0.6 is 16.1 Å². The van der Waals surface area contributed by atoms with Crippen molar-refractivity contribution >= 4 is 33.9 Å². The Morgan fingerprint density at radius 1 is 1.47 bits per heavy atom. The molecule has 0 aromatic heterocycles. The molecule has 0 atom stereocenters. The summed E-state index contributed by atoms with van der Waals surface area (Å²) in [6.45, 7) is 7.74. The van der Waals surface area contributed by atoms with Crippen molar-refractivity contribution in [3.63, 3.8) is 0 Å². The monoisotopic (exact) mass is 301 g/mol. The molecule has 0 bridgehead atoms. The minimum absolute atomic E-state index is 0.286. The average Bonchev–Trinajstić information content (AvgIpc) is 2.32. The molecule has 0 aromatic carbocycles. The second kappa shape index (κ2) is 5.44. The van der Waals surface area contributed by atoms with Crippen molar-refractivity contribution in [1.29, 1.82) is 0 Å². The fourth-order valence-corrected chi connectivity index (χ4v) is 2.58. The molecule has 0 aliphatic carbocycles. The lowest BCUT2D eigenvalue weighted by Crippen LogP contribution is -2.63. The highest BCUT2D eigenvalue weighted by molar-refractivity contribution is 9.08. The van der Waals surface area contributed by atoms with Crippen LogP contribution in [0.1, 0.15) is 26.7 Å². The number of urea groups is 1. The van der Waals surface area contributed by atoms with Crippen molar-refractivity contribution in [3.05, 3.63) is 12.7 Å². The van der Waals surface area contributed by atoms with Crippen molar-refractivity contribution in [3.8, 4) is 0 Å². The molecule has 94 valence electrons. The second-order valence-electron chi connectivity index (χ2n) is 3.86. The Hall–Kier alpha value is -1.17. The van der Waals surface area contributed by atoms with Gasteiger partial charge in [0.05, 0.1) is 16.1 Å². The molecule has 1 N–H and O–H groups in total. The van der Waals surface area contributed by atoms with Gasteiger partial charge in [0.1, 0.15) is 11.3 Å². The molecule has 1 aliphatic heterocycles. The molecule has 1 saturated heterocycles. The lowest BCUT2D eigenvalue weighted by Gasteiger charge is -2.40. The number of nitrogens with one attached hydrogen (secondary N) is 1. The maximum absolute atomic E-state index is 12.0. The predicted octanol–water partition coefficient (Wildman–Crippen LogP) is 2.24. The molecule has 0 radical (unpaired) electrons. The number of amides is 3. The van der Waals surface area contributed by atoms with E-state index in [1.165, 1.54) is 4.90 Å². The van der Waals surface area contributed by atoms with Crippen molar-refractivity contribution in [2.75, 3.05) is 6.54 Å². The normalized spacial score (nSPS) is 21.6. The summed E-state index contributed by atoms with van der Waals surface area (Å²) in [5, 5.41) is 2.37. The molecule has 1 fully saturated rings. The standard InChI is InChI=1S/C11H16BrN3O2/c1-4-7-15-8(14-12)11(5-2,6-3)9(16)13-10(15)17/h4H,1,5-7H2,2-3H3,(H,13,16,17). The molecule has 0 spiro atoms. The Morgan fingerprint density at radius 3 is 2.47 bits per heavy atom. The third kappa shape index (κ3) is 2.13. The van der Waals surface area contributed by atoms with Gasteiger partial charge in [0, 0.05) is 6.54 Å². The van der Waals surface area contributed by atoms with Crippen molar-refractivity contribution in [2.24, 2.45) is 9.43 Å². The third-order valence-corrected chi connectivity index (χ3v) is 3.52. The van der Waals surface area contributed by atoms with Gasteiger partial charge < -0.3 is 0 Å². The highest BCUT2D eigenvalue weighted by Gasteiger charge is 2.49. The molecule has 6 heteroatoms. The molecule has 3 amide bonds. The fraction of sp³-hybridized carbons (Fsp3) is 0.545. The lowest BCUT2D eigenvalue weighted by molar-refractivity contribution is -0.128. The lowest BCUT2D eigenvalue weighted by atomic mass is 9.78. The summed E-state index contributed by atoms with van der Waals surface area (Å²) in [4.78, 5) is 25.2. The predicted molar refractivity (Wildman–Crippen MR) is 69.8 cm³/mol. The number of carbonyl (C=O) groups excluding carboxylic acids is 2. The van der Waals surface area contributed by atoms with E-state index in [0.29, 0.717) is 25.2 Å². The summed E-state index contributed by atoms with van der Waals surface area (Å²) in [7, 11) is 0. The zero-order chi connectivity index (χ0) is 13.1. The van der Waals surface area contributed by atoms with E-state index in [-0.39, 0.29) is 5.91 Å². The van der Waals surface area contributed by atoms with Gasteiger partial charge in [-0.15, -0.1) is 6.58 Å². The Labute approximate surface area is 109 Å². The molecular weight excluding hydrogens is 286 g/mol. The summed E-state index contributed by atoms with van der Waals surface area (Å²) < 4.78 is 3.97. The van der Waals surface area contributed by atoms with E-state index >= 15 is 0 Å². The van der Waals surface area contributed by atoms with E-state index in [1.54, 1.807) is 6.08 Å². The molecule has 17 heavy (non-hydrogen) atoms. The zero-order valence-electron chi connectivity index (χ0n) is 9.99. The van der Waals surface area contributed by atoms with Gasteiger partial charge in [-0.25, -0.2) is 4.79 Å². The largest absolute Gasteiger partial charge is 0.329 e. The molecule has 5 nitrogen and oxygen atoms in total. The number of halogens is 1. The van der Waals surface area contributed by atoms with E-state index in [2.05, 4.69) is 32.1 Å². The summed E-state index contributed by atoms with van der Waals surface area (Å²) in [5.74, 6) is 0.169. The third-order valence-electron chi connectivity index (χ3n) is 3.18. The van der Waals surface area contributed by atoms with Crippen molar-refractivity contribution in [1.82, 2.24) is 10.2 Å². The van der Waals surface area contributed by atoms with Crippen LogP contribution < -0.4 is 5.32 Å². The van der Waals surface area contributed by atoms with Gasteiger partial charge in [0.15, 0.2) is 0 Å². The Kier molecular flexibility index (Phi) is 4.45. The summed E-state index contributed by atoms with van der Waals surface area (Å²) in [6.07, 6.45) is 2.77. The molecule has 0 aromatic rings. The maximum atomic E-state index is 12.0. The van der Waals surface area contributed by atoms with Gasteiger partial charge in [0.2, 0.25) is 5.91 Å². The van der Waals surface area contributed by atoms with Crippen LogP contribution in [-0.4, -0.2) is 29.2 Å². The molecule has 0 saturated carbocycles. The van der Waals surface area contributed by atoms with Crippen LogP contribution in [0.15, 0.2) is 16.7 Å². The number of hydrogen-bond acceptors (Lipinski definition) is 3. The first-order valence-corrected chi connectivity index (χ1v) is 6.21. The van der Waals surface area contributed by atoms with Gasteiger partial charge in [-0.2, -0.15) is 4.02 Å². The average molecular weight is 302 g/mol. The fourth-order valence-electron chi connectivity index (χ4n) is 2.05. The summed E-state index contributed by atoms with van der Waals surface area (Å²) in [5.41, 5.74) is -0.750. The molecular formula is C11H16BrN3O2. The number of imide groups is 1. The summed E-state index contributed by atoms with van der Waals surface area (Å²) >= 11 is 3.01. The van der Waals surface area contributed by atoms with Crippen LogP contribution in [0, 0.1) is 5.41 Å². The van der Waals surface area contributed by atoms with Crippen LogP contribution in [0.25, 0.3) is 0 Å². The number of amidine groups is 1. The van der Waals surface area contributed by atoms with E-state index < -0.39 is 11.4 Å². The van der Waals surface area contributed by atoms with Gasteiger partial charge in [-0.05, 0) is 12.8 Å². The maximum Gasteiger partial charge on any atom is 0.329 e. The van der Waals surface area contributed by atoms with Gasteiger partial charge in [-0.1, -0.05) is 19.9 Å². The molecule has 1 aliphatic rings. The number of rotatable bonds is 4. The van der Waals surface area contributed by atoms with E-state index in [1.807, 2.05) is 13.8 Å². The zero-order valence-corrected chi connectivity index (χ0v) is 11.6. The van der Waals surface area contributed by atoms with Crippen LogP contribution in [0.3, 0.4) is 0 Å². The molecule has 0 unspecified atom stereocenters. The highest BCUT2D eigenvalue weighted by Crippen LogP contribution is 2.33. The van der Waals surface area contributed by atoms with Crippen LogP contribution in [0.5, 0.6) is 0 Å². The van der Waals surface area contributed by atoms with Crippen molar-refractivity contribution in [2.45, 2.75) is 26.7 Å². The smallest absolute Gasteiger partial charge is 0.277 e.